The van der Waals surface area contributed by atoms with E-state index in [1.807, 2.05) is 4.72 Å². The molecular weight excluding hydrogens is 292 g/mol. The SMILES string of the molecule is O=S(=O)(Nc1nnc(C2CC2)o1)c1cccc(F)c1F. The maximum Gasteiger partial charge on any atom is 0.329 e. The molecule has 0 radical (unpaired) electrons. The number of hydrogen-bond acceptors (Lipinski definition) is 5. The van der Waals surface area contributed by atoms with Crippen LogP contribution in [0.15, 0.2) is 27.5 Å². The minimum absolute atomic E-state index is 0.159. The fourth-order valence-corrected chi connectivity index (χ4v) is 2.65. The van der Waals surface area contributed by atoms with Gasteiger partial charge in [-0.3, -0.25) is 0 Å². The summed E-state index contributed by atoms with van der Waals surface area (Å²) >= 11 is 0. The first-order chi connectivity index (χ1) is 9.47. The zero-order chi connectivity index (χ0) is 14.3. The van der Waals surface area contributed by atoms with E-state index < -0.39 is 26.6 Å². The number of nitrogens with one attached hydrogen (secondary N) is 1. The van der Waals surface area contributed by atoms with Gasteiger partial charge in [0.1, 0.15) is 4.90 Å². The van der Waals surface area contributed by atoms with E-state index in [4.69, 9.17) is 4.42 Å². The summed E-state index contributed by atoms with van der Waals surface area (Å²) in [6.07, 6.45) is 1.82. The van der Waals surface area contributed by atoms with Crippen molar-refractivity contribution in [3.05, 3.63) is 35.7 Å². The van der Waals surface area contributed by atoms with E-state index in [1.54, 1.807) is 0 Å². The van der Waals surface area contributed by atoms with Crippen molar-refractivity contribution in [3.8, 4) is 0 Å². The fraction of sp³-hybridized carbons (Fsp3) is 0.273. The smallest absolute Gasteiger partial charge is 0.329 e. The molecule has 1 saturated carbocycles. The van der Waals surface area contributed by atoms with Crippen molar-refractivity contribution in [2.24, 2.45) is 0 Å². The second kappa shape index (κ2) is 4.51. The maximum atomic E-state index is 13.5. The Balaban J connectivity index is 1.89. The van der Waals surface area contributed by atoms with E-state index >= 15 is 0 Å². The Morgan fingerprint density at radius 3 is 2.70 bits per heavy atom. The van der Waals surface area contributed by atoms with Gasteiger partial charge < -0.3 is 4.42 Å². The van der Waals surface area contributed by atoms with Gasteiger partial charge in [-0.2, -0.15) is 0 Å². The molecule has 0 spiro atoms. The molecule has 3 rings (SSSR count). The Kier molecular flexibility index (Phi) is 2.93. The predicted octanol–water partition coefficient (Wildman–Crippen LogP) is 2.03. The number of benzene rings is 1. The van der Waals surface area contributed by atoms with Gasteiger partial charge in [0, 0.05) is 5.92 Å². The van der Waals surface area contributed by atoms with Gasteiger partial charge in [-0.1, -0.05) is 11.2 Å². The third kappa shape index (κ3) is 2.36. The molecule has 1 heterocycles. The predicted molar refractivity (Wildman–Crippen MR) is 63.4 cm³/mol. The Bertz CT molecular complexity index is 756. The van der Waals surface area contributed by atoms with Crippen LogP contribution in [0.4, 0.5) is 14.8 Å². The Hall–Kier alpha value is -2.03. The van der Waals surface area contributed by atoms with Crippen LogP contribution >= 0.6 is 0 Å². The van der Waals surface area contributed by atoms with E-state index in [1.165, 1.54) is 0 Å². The highest BCUT2D eigenvalue weighted by molar-refractivity contribution is 7.92. The lowest BCUT2D eigenvalue weighted by atomic mass is 10.3. The van der Waals surface area contributed by atoms with Gasteiger partial charge in [0.05, 0.1) is 0 Å². The van der Waals surface area contributed by atoms with Crippen LogP contribution in [0, 0.1) is 11.6 Å². The van der Waals surface area contributed by atoms with Gasteiger partial charge in [-0.25, -0.2) is 21.9 Å². The van der Waals surface area contributed by atoms with Crippen LogP contribution in [0.1, 0.15) is 24.7 Å². The molecule has 1 N–H and O–H groups in total. The first-order valence-electron chi connectivity index (χ1n) is 5.77. The van der Waals surface area contributed by atoms with Crippen molar-refractivity contribution in [2.45, 2.75) is 23.7 Å². The molecule has 1 aliphatic rings. The van der Waals surface area contributed by atoms with E-state index in [2.05, 4.69) is 10.2 Å². The van der Waals surface area contributed by atoms with Gasteiger partial charge in [0.2, 0.25) is 5.89 Å². The molecule has 1 aromatic heterocycles. The molecule has 20 heavy (non-hydrogen) atoms. The molecule has 1 fully saturated rings. The first-order valence-corrected chi connectivity index (χ1v) is 7.26. The van der Waals surface area contributed by atoms with Crippen molar-refractivity contribution in [1.82, 2.24) is 10.2 Å². The standard InChI is InChI=1S/C11H9F2N3O3S/c12-7-2-1-3-8(9(7)13)20(17,18)16-11-15-14-10(19-11)6-4-5-6/h1-3,6H,4-5H2,(H,15,16). The lowest BCUT2D eigenvalue weighted by molar-refractivity contribution is 0.484. The average molecular weight is 301 g/mol. The van der Waals surface area contributed by atoms with Crippen molar-refractivity contribution in [1.29, 1.82) is 0 Å². The summed E-state index contributed by atoms with van der Waals surface area (Å²) in [7, 11) is -4.32. The minimum atomic E-state index is -4.32. The van der Waals surface area contributed by atoms with E-state index in [-0.39, 0.29) is 11.9 Å². The second-order valence-electron chi connectivity index (χ2n) is 4.38. The minimum Gasteiger partial charge on any atom is -0.407 e. The third-order valence-corrected chi connectivity index (χ3v) is 4.13. The number of nitrogens with zero attached hydrogens (tertiary/aromatic N) is 2. The molecular formula is C11H9F2N3O3S. The van der Waals surface area contributed by atoms with Crippen LogP contribution in [-0.4, -0.2) is 18.6 Å². The van der Waals surface area contributed by atoms with Gasteiger partial charge >= 0.3 is 6.01 Å². The van der Waals surface area contributed by atoms with Gasteiger partial charge in [-0.05, 0) is 25.0 Å². The molecule has 0 atom stereocenters. The normalized spacial score (nSPS) is 15.3. The summed E-state index contributed by atoms with van der Waals surface area (Å²) in [6, 6.07) is 2.50. The molecule has 2 aromatic rings. The molecule has 0 amide bonds. The second-order valence-corrected chi connectivity index (χ2v) is 6.03. The highest BCUT2D eigenvalue weighted by atomic mass is 32.2. The van der Waals surface area contributed by atoms with Crippen LogP contribution in [0.25, 0.3) is 0 Å². The molecule has 0 saturated heterocycles. The summed E-state index contributed by atoms with van der Waals surface area (Å²) in [5, 5.41) is 7.20. The number of rotatable bonds is 4. The molecule has 1 aromatic carbocycles. The summed E-state index contributed by atoms with van der Waals surface area (Å²) in [5.74, 6) is -2.21. The third-order valence-electron chi connectivity index (χ3n) is 2.79. The highest BCUT2D eigenvalue weighted by Gasteiger charge is 2.30. The zero-order valence-electron chi connectivity index (χ0n) is 10.0. The quantitative estimate of drug-likeness (QED) is 0.934. The summed E-state index contributed by atoms with van der Waals surface area (Å²) < 4.78 is 57.4. The van der Waals surface area contributed by atoms with Crippen LogP contribution in [0.3, 0.4) is 0 Å². The van der Waals surface area contributed by atoms with Gasteiger partial charge in [0.15, 0.2) is 11.6 Å². The van der Waals surface area contributed by atoms with Crippen LogP contribution in [0.2, 0.25) is 0 Å². The number of anilines is 1. The summed E-state index contributed by atoms with van der Waals surface area (Å²) in [4.78, 5) is -0.816. The van der Waals surface area contributed by atoms with Crippen molar-refractivity contribution in [3.63, 3.8) is 0 Å². The Morgan fingerprint density at radius 2 is 2.00 bits per heavy atom. The Labute approximate surface area is 112 Å². The number of sulfonamides is 1. The van der Waals surface area contributed by atoms with E-state index in [0.29, 0.717) is 5.89 Å². The largest absolute Gasteiger partial charge is 0.407 e. The molecule has 0 unspecified atom stereocenters. The fourth-order valence-electron chi connectivity index (χ4n) is 1.63. The molecule has 106 valence electrons. The lowest BCUT2D eigenvalue weighted by Crippen LogP contribution is -2.15. The van der Waals surface area contributed by atoms with Crippen LogP contribution < -0.4 is 4.72 Å². The number of aromatic nitrogens is 2. The summed E-state index contributed by atoms with van der Waals surface area (Å²) in [6.45, 7) is 0. The Morgan fingerprint density at radius 1 is 1.25 bits per heavy atom. The van der Waals surface area contributed by atoms with E-state index in [9.17, 15) is 17.2 Å². The highest BCUT2D eigenvalue weighted by Crippen LogP contribution is 2.39. The monoisotopic (exact) mass is 301 g/mol. The summed E-state index contributed by atoms with van der Waals surface area (Å²) in [5.41, 5.74) is 0. The van der Waals surface area contributed by atoms with Crippen LogP contribution in [0.5, 0.6) is 0 Å². The maximum absolute atomic E-state index is 13.5. The van der Waals surface area contributed by atoms with Crippen molar-refractivity contribution in [2.75, 3.05) is 4.72 Å². The number of halogens is 2. The average Bonchev–Trinajstić information content (AvgIpc) is 3.14. The molecule has 6 nitrogen and oxygen atoms in total. The lowest BCUT2D eigenvalue weighted by Gasteiger charge is -2.05. The van der Waals surface area contributed by atoms with Gasteiger partial charge in [-0.15, -0.1) is 5.10 Å². The first kappa shape index (κ1) is 13.0. The molecule has 0 aliphatic heterocycles. The molecule has 9 heteroatoms. The number of hydrogen-bond donors (Lipinski definition) is 1. The van der Waals surface area contributed by atoms with Crippen molar-refractivity contribution < 1.29 is 21.6 Å². The zero-order valence-corrected chi connectivity index (χ0v) is 10.8. The van der Waals surface area contributed by atoms with Crippen molar-refractivity contribution >= 4 is 16.0 Å². The molecule has 1 aliphatic carbocycles. The van der Waals surface area contributed by atoms with E-state index in [0.717, 1.165) is 31.0 Å². The van der Waals surface area contributed by atoms with Crippen LogP contribution in [-0.2, 0) is 10.0 Å². The molecule has 0 bridgehead atoms. The van der Waals surface area contributed by atoms with Gasteiger partial charge in [0.25, 0.3) is 10.0 Å². The topological polar surface area (TPSA) is 85.1 Å².